The Morgan fingerprint density at radius 2 is 2.25 bits per heavy atom. The third-order valence-corrected chi connectivity index (χ3v) is 4.47. The summed E-state index contributed by atoms with van der Waals surface area (Å²) in [6.45, 7) is 4.59. The Kier molecular flexibility index (Phi) is 4.08. The Hall–Kier alpha value is -1.89. The summed E-state index contributed by atoms with van der Waals surface area (Å²) in [6.07, 6.45) is 0.218. The van der Waals surface area contributed by atoms with Crippen LogP contribution in [0.2, 0.25) is 0 Å². The molecule has 1 fully saturated rings. The van der Waals surface area contributed by atoms with Gasteiger partial charge < -0.3 is 15.3 Å². The van der Waals surface area contributed by atoms with Crippen molar-refractivity contribution in [3.63, 3.8) is 0 Å². The molecule has 1 aliphatic rings. The predicted octanol–water partition coefficient (Wildman–Crippen LogP) is 1.56. The molecule has 1 aromatic rings. The topological polar surface area (TPSA) is 86.7 Å². The van der Waals surface area contributed by atoms with Crippen molar-refractivity contribution in [2.45, 2.75) is 20.3 Å². The first kappa shape index (κ1) is 14.5. The van der Waals surface area contributed by atoms with E-state index in [1.165, 1.54) is 0 Å². The highest BCUT2D eigenvalue weighted by atomic mass is 32.1. The maximum atomic E-state index is 12.1. The lowest BCUT2D eigenvalue weighted by atomic mass is 10.1. The molecule has 0 aromatic carbocycles. The van der Waals surface area contributed by atoms with Crippen molar-refractivity contribution < 1.29 is 19.5 Å². The number of carboxylic acid groups (broad SMARTS) is 1. The van der Waals surface area contributed by atoms with Gasteiger partial charge in [0, 0.05) is 19.5 Å². The molecule has 1 atom stereocenters. The van der Waals surface area contributed by atoms with E-state index in [4.69, 9.17) is 5.11 Å². The number of carbonyl (C=O) groups is 3. The molecular formula is C13H16N2O4S. The zero-order chi connectivity index (χ0) is 14.9. The number of aryl methyl sites for hydroxylation is 1. The summed E-state index contributed by atoms with van der Waals surface area (Å²) in [5.74, 6) is -1.60. The van der Waals surface area contributed by atoms with Crippen LogP contribution >= 0.6 is 11.3 Å². The van der Waals surface area contributed by atoms with Gasteiger partial charge in [-0.2, -0.15) is 0 Å². The largest absolute Gasteiger partial charge is 0.477 e. The average Bonchev–Trinajstić information content (AvgIpc) is 2.92. The van der Waals surface area contributed by atoms with Crippen LogP contribution in [0, 0.1) is 12.8 Å². The molecule has 108 valence electrons. The molecule has 0 spiro atoms. The summed E-state index contributed by atoms with van der Waals surface area (Å²) in [7, 11) is 0. The Morgan fingerprint density at radius 3 is 2.75 bits per heavy atom. The van der Waals surface area contributed by atoms with Crippen LogP contribution < -0.4 is 5.32 Å². The van der Waals surface area contributed by atoms with E-state index in [0.29, 0.717) is 23.7 Å². The van der Waals surface area contributed by atoms with Gasteiger partial charge in [0.1, 0.15) is 4.88 Å². The number of hydrogen-bond donors (Lipinski definition) is 2. The van der Waals surface area contributed by atoms with E-state index in [2.05, 4.69) is 5.32 Å². The van der Waals surface area contributed by atoms with Gasteiger partial charge in [-0.15, -0.1) is 11.3 Å². The first-order valence-corrected chi connectivity index (χ1v) is 7.16. The van der Waals surface area contributed by atoms with E-state index >= 15 is 0 Å². The van der Waals surface area contributed by atoms with E-state index < -0.39 is 5.97 Å². The number of carbonyl (C=O) groups excluding carboxylic acids is 2. The average molecular weight is 296 g/mol. The lowest BCUT2D eigenvalue weighted by Gasteiger charge is -2.13. The zero-order valence-corrected chi connectivity index (χ0v) is 12.1. The number of likely N-dealkylation sites (tertiary alicyclic amines) is 1. The molecule has 0 aliphatic carbocycles. The van der Waals surface area contributed by atoms with E-state index in [1.807, 2.05) is 6.92 Å². The quantitative estimate of drug-likeness (QED) is 0.882. The number of hydrogen-bond acceptors (Lipinski definition) is 4. The van der Waals surface area contributed by atoms with Gasteiger partial charge >= 0.3 is 5.97 Å². The molecule has 0 saturated carbocycles. The van der Waals surface area contributed by atoms with Gasteiger partial charge in [0.25, 0.3) is 0 Å². The summed E-state index contributed by atoms with van der Waals surface area (Å²) >= 11 is 1.03. The Balaban J connectivity index is 2.04. The van der Waals surface area contributed by atoms with Crippen LogP contribution in [-0.4, -0.2) is 40.9 Å². The Bertz CT molecular complexity index is 567. The van der Waals surface area contributed by atoms with Gasteiger partial charge in [0.05, 0.1) is 10.9 Å². The number of carboxylic acids is 1. The van der Waals surface area contributed by atoms with Crippen molar-refractivity contribution in [2.75, 3.05) is 18.4 Å². The summed E-state index contributed by atoms with van der Waals surface area (Å²) in [5, 5.41) is 12.2. The normalized spacial score (nSPS) is 18.4. The van der Waals surface area contributed by atoms with Crippen molar-refractivity contribution in [1.29, 1.82) is 0 Å². The second-order valence-corrected chi connectivity index (χ2v) is 5.80. The summed E-state index contributed by atoms with van der Waals surface area (Å²) < 4.78 is 0. The fourth-order valence-corrected chi connectivity index (χ4v) is 3.15. The van der Waals surface area contributed by atoms with Crippen molar-refractivity contribution >= 4 is 34.1 Å². The number of nitrogens with zero attached hydrogens (tertiary/aromatic N) is 1. The molecule has 1 saturated heterocycles. The SMILES string of the molecule is CCN1CC(C(=O)Nc2cc(C)c(C(=O)O)s2)CC1=O. The molecule has 1 aromatic heterocycles. The first-order valence-electron chi connectivity index (χ1n) is 6.34. The van der Waals surface area contributed by atoms with Gasteiger partial charge in [-0.1, -0.05) is 0 Å². The molecule has 1 aliphatic heterocycles. The van der Waals surface area contributed by atoms with E-state index in [1.54, 1.807) is 17.9 Å². The highest BCUT2D eigenvalue weighted by molar-refractivity contribution is 7.18. The fraction of sp³-hybridized carbons (Fsp3) is 0.462. The van der Waals surface area contributed by atoms with Crippen LogP contribution in [0.4, 0.5) is 5.00 Å². The second kappa shape index (κ2) is 5.62. The van der Waals surface area contributed by atoms with Gasteiger partial charge in [0.15, 0.2) is 0 Å². The second-order valence-electron chi connectivity index (χ2n) is 4.75. The Labute approximate surface area is 120 Å². The molecular weight excluding hydrogens is 280 g/mol. The summed E-state index contributed by atoms with van der Waals surface area (Å²) in [6, 6.07) is 1.64. The van der Waals surface area contributed by atoms with Crippen molar-refractivity contribution in [3.05, 3.63) is 16.5 Å². The van der Waals surface area contributed by atoms with Crippen LogP contribution in [0.1, 0.15) is 28.6 Å². The molecule has 2 N–H and O–H groups in total. The molecule has 7 heteroatoms. The van der Waals surface area contributed by atoms with Crippen molar-refractivity contribution in [3.8, 4) is 0 Å². The first-order chi connectivity index (χ1) is 9.42. The van der Waals surface area contributed by atoms with Gasteiger partial charge in [-0.25, -0.2) is 4.79 Å². The number of aromatic carboxylic acids is 1. The number of rotatable bonds is 4. The maximum absolute atomic E-state index is 12.1. The molecule has 0 radical (unpaired) electrons. The standard InChI is InChI=1S/C13H16N2O4S/c1-3-15-6-8(5-10(15)16)12(17)14-9-4-7(2)11(20-9)13(18)19/h4,8H,3,5-6H2,1-2H3,(H,14,17)(H,18,19). The Morgan fingerprint density at radius 1 is 1.55 bits per heavy atom. The van der Waals surface area contributed by atoms with Gasteiger partial charge in [-0.3, -0.25) is 9.59 Å². The molecule has 20 heavy (non-hydrogen) atoms. The third-order valence-electron chi connectivity index (χ3n) is 3.33. The van der Waals surface area contributed by atoms with Crippen LogP contribution in [0.25, 0.3) is 0 Å². The smallest absolute Gasteiger partial charge is 0.346 e. The highest BCUT2D eigenvalue weighted by Crippen LogP contribution is 2.28. The molecule has 2 heterocycles. The van der Waals surface area contributed by atoms with Crippen LogP contribution in [-0.2, 0) is 9.59 Å². The van der Waals surface area contributed by atoms with Crippen molar-refractivity contribution in [2.24, 2.45) is 5.92 Å². The van der Waals surface area contributed by atoms with Crippen LogP contribution in [0.5, 0.6) is 0 Å². The highest BCUT2D eigenvalue weighted by Gasteiger charge is 2.33. The minimum absolute atomic E-state index is 0.0127. The van der Waals surface area contributed by atoms with E-state index in [-0.39, 0.29) is 29.0 Å². The number of anilines is 1. The summed E-state index contributed by atoms with van der Waals surface area (Å²) in [4.78, 5) is 36.5. The minimum Gasteiger partial charge on any atom is -0.477 e. The maximum Gasteiger partial charge on any atom is 0.346 e. The molecule has 2 amide bonds. The van der Waals surface area contributed by atoms with E-state index in [0.717, 1.165) is 11.3 Å². The molecule has 0 bridgehead atoms. The van der Waals surface area contributed by atoms with Gasteiger partial charge in [-0.05, 0) is 25.5 Å². The molecule has 2 rings (SSSR count). The van der Waals surface area contributed by atoms with Crippen LogP contribution in [0.15, 0.2) is 6.07 Å². The van der Waals surface area contributed by atoms with Gasteiger partial charge in [0.2, 0.25) is 11.8 Å². The van der Waals surface area contributed by atoms with Crippen molar-refractivity contribution in [1.82, 2.24) is 4.90 Å². The predicted molar refractivity (Wildman–Crippen MR) is 75.0 cm³/mol. The fourth-order valence-electron chi connectivity index (χ4n) is 2.23. The lowest BCUT2D eigenvalue weighted by Crippen LogP contribution is -2.27. The lowest BCUT2D eigenvalue weighted by molar-refractivity contribution is -0.128. The van der Waals surface area contributed by atoms with E-state index in [9.17, 15) is 14.4 Å². The number of nitrogens with one attached hydrogen (secondary N) is 1. The molecule has 1 unspecified atom stereocenters. The molecule has 6 nitrogen and oxygen atoms in total. The number of amides is 2. The third kappa shape index (κ3) is 2.82. The van der Waals surface area contributed by atoms with Crippen LogP contribution in [0.3, 0.4) is 0 Å². The monoisotopic (exact) mass is 296 g/mol. The number of thiophene rings is 1. The summed E-state index contributed by atoms with van der Waals surface area (Å²) in [5.41, 5.74) is 0.621. The zero-order valence-electron chi connectivity index (χ0n) is 11.3. The minimum atomic E-state index is -0.999.